The third-order valence-corrected chi connectivity index (χ3v) is 5.42. The van der Waals surface area contributed by atoms with Gasteiger partial charge in [-0.3, -0.25) is 14.6 Å². The predicted molar refractivity (Wildman–Crippen MR) is 116 cm³/mol. The topological polar surface area (TPSA) is 81.5 Å². The van der Waals surface area contributed by atoms with E-state index in [2.05, 4.69) is 4.98 Å². The zero-order valence-electron chi connectivity index (χ0n) is 18.4. The summed E-state index contributed by atoms with van der Waals surface area (Å²) in [6.07, 6.45) is 3.21. The van der Waals surface area contributed by atoms with Crippen LogP contribution in [0.3, 0.4) is 0 Å². The van der Waals surface area contributed by atoms with E-state index in [1.54, 1.807) is 50.0 Å². The van der Waals surface area contributed by atoms with Crippen molar-refractivity contribution in [3.05, 3.63) is 88.3 Å². The van der Waals surface area contributed by atoms with Crippen molar-refractivity contribution in [3.63, 3.8) is 0 Å². The molecule has 0 unspecified atom stereocenters. The van der Waals surface area contributed by atoms with Gasteiger partial charge in [-0.15, -0.1) is 0 Å². The number of rotatable bonds is 7. The Morgan fingerprint density at radius 1 is 1.06 bits per heavy atom. The molecule has 0 atom stereocenters. The fraction of sp³-hybridized carbons (Fsp3) is 0.250. The largest absolute Gasteiger partial charge is 0.464 e. The lowest BCUT2D eigenvalue weighted by Crippen LogP contribution is -2.35. The van der Waals surface area contributed by atoms with Crippen molar-refractivity contribution in [2.45, 2.75) is 20.4 Å². The number of esters is 1. The molecule has 166 valence electrons. The maximum Gasteiger partial charge on any atom is 0.354 e. The van der Waals surface area contributed by atoms with Crippen molar-refractivity contribution in [3.8, 4) is 0 Å². The van der Waals surface area contributed by atoms with Crippen molar-refractivity contribution in [1.29, 1.82) is 0 Å². The monoisotopic (exact) mass is 437 g/mol. The Morgan fingerprint density at radius 3 is 2.28 bits per heavy atom. The van der Waals surface area contributed by atoms with Gasteiger partial charge in [0.1, 0.15) is 11.5 Å². The van der Waals surface area contributed by atoms with E-state index in [4.69, 9.17) is 4.74 Å². The number of hydrogen-bond donors (Lipinski definition) is 0. The second kappa shape index (κ2) is 9.55. The van der Waals surface area contributed by atoms with Crippen LogP contribution in [0.15, 0.2) is 48.8 Å². The Hall–Kier alpha value is -3.81. The smallest absolute Gasteiger partial charge is 0.354 e. The van der Waals surface area contributed by atoms with Gasteiger partial charge in [0, 0.05) is 42.8 Å². The molecule has 7 nitrogen and oxygen atoms in total. The number of benzene rings is 1. The number of Topliss-reactive ketones (excluding diaryl/α,β-unsaturated/α-hetero) is 1. The predicted octanol–water partition coefficient (Wildman–Crippen LogP) is 3.49. The first kappa shape index (κ1) is 22.9. The molecule has 2 heterocycles. The first-order valence-electron chi connectivity index (χ1n) is 9.95. The Kier molecular flexibility index (Phi) is 6.82. The van der Waals surface area contributed by atoms with E-state index in [9.17, 15) is 18.8 Å². The normalized spacial score (nSPS) is 10.7. The molecule has 1 aromatic carbocycles. The fourth-order valence-electron chi connectivity index (χ4n) is 3.71. The van der Waals surface area contributed by atoms with Gasteiger partial charge in [-0.25, -0.2) is 9.18 Å². The van der Waals surface area contributed by atoms with Crippen molar-refractivity contribution in [1.82, 2.24) is 14.5 Å². The Labute approximate surface area is 185 Å². The zero-order valence-corrected chi connectivity index (χ0v) is 18.4. The average Bonchev–Trinajstić information content (AvgIpc) is 3.01. The van der Waals surface area contributed by atoms with Gasteiger partial charge in [0.25, 0.3) is 5.91 Å². The van der Waals surface area contributed by atoms with Gasteiger partial charge in [-0.1, -0.05) is 0 Å². The molecule has 1 amide bonds. The van der Waals surface area contributed by atoms with Gasteiger partial charge in [-0.2, -0.15) is 0 Å². The highest BCUT2D eigenvalue weighted by molar-refractivity contribution is 6.06. The van der Waals surface area contributed by atoms with Gasteiger partial charge in [0.05, 0.1) is 13.7 Å². The molecule has 0 radical (unpaired) electrons. The summed E-state index contributed by atoms with van der Waals surface area (Å²) in [7, 11) is 2.97. The van der Waals surface area contributed by atoms with Gasteiger partial charge in [0.15, 0.2) is 5.78 Å². The van der Waals surface area contributed by atoms with Crippen LogP contribution in [0.4, 0.5) is 4.39 Å². The first-order chi connectivity index (χ1) is 15.2. The van der Waals surface area contributed by atoms with Crippen LogP contribution in [-0.2, 0) is 18.3 Å². The maximum atomic E-state index is 13.3. The lowest BCUT2D eigenvalue weighted by atomic mass is 10.0. The van der Waals surface area contributed by atoms with E-state index in [1.165, 1.54) is 36.3 Å². The molecule has 0 N–H and O–H groups in total. The molecule has 0 saturated heterocycles. The minimum Gasteiger partial charge on any atom is -0.464 e. The molecule has 0 aliphatic heterocycles. The quantitative estimate of drug-likeness (QED) is 0.418. The van der Waals surface area contributed by atoms with E-state index in [1.807, 2.05) is 0 Å². The van der Waals surface area contributed by atoms with Gasteiger partial charge >= 0.3 is 5.97 Å². The molecule has 0 aliphatic rings. The third-order valence-electron chi connectivity index (χ3n) is 5.42. The SMILES string of the molecule is COC(=O)c1c(C)c(C(=O)CN(Cc2ccncc2)C(=O)c2ccc(F)cc2)c(C)n1C. The Bertz CT molecular complexity index is 1150. The molecule has 0 fully saturated rings. The minimum absolute atomic E-state index is 0.166. The van der Waals surface area contributed by atoms with Gasteiger partial charge in [0.2, 0.25) is 0 Å². The number of amides is 1. The standard InChI is InChI=1S/C24H24FN3O4/c1-15-21(16(2)27(3)22(15)24(31)32-4)20(29)14-28(13-17-9-11-26-12-10-17)23(30)18-5-7-19(25)8-6-18/h5-12H,13-14H2,1-4H3. The Balaban J connectivity index is 1.96. The molecule has 32 heavy (non-hydrogen) atoms. The highest BCUT2D eigenvalue weighted by Crippen LogP contribution is 2.23. The van der Waals surface area contributed by atoms with E-state index in [0.29, 0.717) is 22.5 Å². The van der Waals surface area contributed by atoms with Crippen LogP contribution in [0.25, 0.3) is 0 Å². The summed E-state index contributed by atoms with van der Waals surface area (Å²) in [4.78, 5) is 44.0. The van der Waals surface area contributed by atoms with Crippen LogP contribution >= 0.6 is 0 Å². The van der Waals surface area contributed by atoms with Crippen LogP contribution in [-0.4, -0.2) is 45.8 Å². The number of pyridine rings is 1. The number of aromatic nitrogens is 2. The van der Waals surface area contributed by atoms with Crippen LogP contribution < -0.4 is 0 Å². The fourth-order valence-corrected chi connectivity index (χ4v) is 3.71. The van der Waals surface area contributed by atoms with E-state index in [0.717, 1.165) is 5.56 Å². The van der Waals surface area contributed by atoms with E-state index >= 15 is 0 Å². The summed E-state index contributed by atoms with van der Waals surface area (Å²) in [6, 6.07) is 8.68. The van der Waals surface area contributed by atoms with Gasteiger partial charge in [-0.05, 0) is 61.4 Å². The zero-order chi connectivity index (χ0) is 23.4. The van der Waals surface area contributed by atoms with Crippen molar-refractivity contribution < 1.29 is 23.5 Å². The molecule has 0 aliphatic carbocycles. The number of carbonyl (C=O) groups is 3. The number of methoxy groups -OCH3 is 1. The molecular formula is C24H24FN3O4. The van der Waals surface area contributed by atoms with Crippen molar-refractivity contribution >= 4 is 17.7 Å². The summed E-state index contributed by atoms with van der Waals surface area (Å²) < 4.78 is 19.8. The molecule has 3 rings (SSSR count). The minimum atomic E-state index is -0.539. The molecule has 3 aromatic rings. The lowest BCUT2D eigenvalue weighted by molar-refractivity contribution is 0.0588. The lowest BCUT2D eigenvalue weighted by Gasteiger charge is -2.22. The molecule has 8 heteroatoms. The molecule has 0 bridgehead atoms. The third kappa shape index (κ3) is 4.59. The maximum absolute atomic E-state index is 13.3. The number of nitrogens with zero attached hydrogens (tertiary/aromatic N) is 3. The molecule has 2 aromatic heterocycles. The second-order valence-electron chi connectivity index (χ2n) is 7.43. The van der Waals surface area contributed by atoms with Crippen molar-refractivity contribution in [2.24, 2.45) is 7.05 Å². The number of halogens is 1. The second-order valence-corrected chi connectivity index (χ2v) is 7.43. The molecular weight excluding hydrogens is 413 g/mol. The summed E-state index contributed by atoms with van der Waals surface area (Å²) >= 11 is 0. The van der Waals surface area contributed by atoms with Crippen LogP contribution in [0, 0.1) is 19.7 Å². The van der Waals surface area contributed by atoms with Gasteiger partial charge < -0.3 is 14.2 Å². The van der Waals surface area contributed by atoms with E-state index in [-0.39, 0.29) is 24.4 Å². The highest BCUT2D eigenvalue weighted by atomic mass is 19.1. The summed E-state index contributed by atoms with van der Waals surface area (Å²) in [5, 5.41) is 0. The average molecular weight is 437 g/mol. The molecule has 0 saturated carbocycles. The Morgan fingerprint density at radius 2 is 1.69 bits per heavy atom. The summed E-state index contributed by atoms with van der Waals surface area (Å²) in [5.74, 6) is -1.71. The number of ketones is 1. The number of hydrogen-bond acceptors (Lipinski definition) is 5. The van der Waals surface area contributed by atoms with Crippen molar-refractivity contribution in [2.75, 3.05) is 13.7 Å². The summed E-state index contributed by atoms with van der Waals surface area (Å²) in [5.41, 5.74) is 2.83. The number of ether oxygens (including phenoxy) is 1. The van der Waals surface area contributed by atoms with Crippen LogP contribution in [0.1, 0.15) is 48.0 Å². The first-order valence-corrected chi connectivity index (χ1v) is 9.95. The van der Waals surface area contributed by atoms with E-state index < -0.39 is 17.7 Å². The molecule has 0 spiro atoms. The highest BCUT2D eigenvalue weighted by Gasteiger charge is 2.28. The number of carbonyl (C=O) groups excluding carboxylic acids is 3. The van der Waals surface area contributed by atoms with Crippen LogP contribution in [0.2, 0.25) is 0 Å². The summed E-state index contributed by atoms with van der Waals surface area (Å²) in [6.45, 7) is 3.37. The van der Waals surface area contributed by atoms with Crippen LogP contribution in [0.5, 0.6) is 0 Å².